The van der Waals surface area contributed by atoms with Crippen LogP contribution in [0.5, 0.6) is 5.75 Å². The van der Waals surface area contributed by atoms with E-state index in [1.807, 2.05) is 17.8 Å². The van der Waals surface area contributed by atoms with Gasteiger partial charge in [0.15, 0.2) is 0 Å². The molecule has 0 atom stereocenters. The molecule has 0 radical (unpaired) electrons. The summed E-state index contributed by atoms with van der Waals surface area (Å²) < 4.78 is 32.8. The zero-order valence-electron chi connectivity index (χ0n) is 15.5. The summed E-state index contributed by atoms with van der Waals surface area (Å²) in [5, 5.41) is 8.36. The number of hydrogen-bond donors (Lipinski definition) is 1. The lowest BCUT2D eigenvalue weighted by Crippen LogP contribution is -2.35. The van der Waals surface area contributed by atoms with Crippen LogP contribution in [0.1, 0.15) is 12.8 Å². The summed E-state index contributed by atoms with van der Waals surface area (Å²) in [5.41, 5.74) is 0.513. The van der Waals surface area contributed by atoms with Gasteiger partial charge in [-0.25, -0.2) is 0 Å². The van der Waals surface area contributed by atoms with Crippen molar-refractivity contribution in [2.75, 3.05) is 24.7 Å². The number of aromatic nitrogens is 2. The first-order chi connectivity index (χ1) is 13.7. The van der Waals surface area contributed by atoms with Crippen LogP contribution in [0.4, 0.5) is 0 Å². The number of nitrogens with zero attached hydrogens (tertiary/aromatic N) is 2. The van der Waals surface area contributed by atoms with E-state index in [0.29, 0.717) is 29.3 Å². The molecule has 28 heavy (non-hydrogen) atoms. The number of benzene rings is 2. The largest absolute Gasteiger partial charge is 0.491 e. The molecule has 2 aromatic carbocycles. The van der Waals surface area contributed by atoms with E-state index < -0.39 is 10.0 Å². The van der Waals surface area contributed by atoms with Crippen LogP contribution in [0.15, 0.2) is 59.6 Å². The minimum absolute atomic E-state index is 0.209. The number of nitrogens with one attached hydrogen (secondary N) is 1. The van der Waals surface area contributed by atoms with Crippen LogP contribution in [-0.2, 0) is 10.0 Å². The lowest BCUT2D eigenvalue weighted by molar-refractivity contribution is 0.305. The minimum Gasteiger partial charge on any atom is -0.491 e. The zero-order valence-corrected chi connectivity index (χ0v) is 17.1. The SMILES string of the molecule is O=S(=O)(c1ccccc1)n1ncc2c(OCCNC3CCSCC3)cccc21. The molecule has 1 aliphatic heterocycles. The van der Waals surface area contributed by atoms with Crippen molar-refractivity contribution in [1.29, 1.82) is 0 Å². The number of rotatable bonds is 7. The van der Waals surface area contributed by atoms with E-state index in [0.717, 1.165) is 10.6 Å². The topological polar surface area (TPSA) is 73.2 Å². The van der Waals surface area contributed by atoms with Crippen molar-refractivity contribution in [3.63, 3.8) is 0 Å². The van der Waals surface area contributed by atoms with Gasteiger partial charge in [-0.3, -0.25) is 0 Å². The quantitative estimate of drug-likeness (QED) is 0.596. The predicted octanol–water partition coefficient (Wildman–Crippen LogP) is 3.14. The van der Waals surface area contributed by atoms with E-state index in [-0.39, 0.29) is 4.90 Å². The Hall–Kier alpha value is -2.03. The van der Waals surface area contributed by atoms with Crippen LogP contribution < -0.4 is 10.1 Å². The number of fused-ring (bicyclic) bond motifs is 1. The highest BCUT2D eigenvalue weighted by Gasteiger charge is 2.21. The molecule has 0 spiro atoms. The molecule has 8 heteroatoms. The average molecular weight is 418 g/mol. The molecule has 0 bridgehead atoms. The Bertz CT molecular complexity index is 1030. The Kier molecular flexibility index (Phi) is 5.89. The smallest absolute Gasteiger partial charge is 0.283 e. The first-order valence-corrected chi connectivity index (χ1v) is 12.0. The molecular formula is C20H23N3O3S2. The van der Waals surface area contributed by atoms with Crippen LogP contribution >= 0.6 is 11.8 Å². The van der Waals surface area contributed by atoms with Crippen molar-refractivity contribution in [1.82, 2.24) is 14.5 Å². The summed E-state index contributed by atoms with van der Waals surface area (Å²) in [4.78, 5) is 0.209. The van der Waals surface area contributed by atoms with Gasteiger partial charge in [0, 0.05) is 12.6 Å². The van der Waals surface area contributed by atoms with Gasteiger partial charge >= 0.3 is 0 Å². The Morgan fingerprint density at radius 3 is 2.68 bits per heavy atom. The summed E-state index contributed by atoms with van der Waals surface area (Å²) in [6.07, 6.45) is 3.95. The van der Waals surface area contributed by atoms with Crippen LogP contribution in [0, 0.1) is 0 Å². The van der Waals surface area contributed by atoms with Crippen molar-refractivity contribution >= 4 is 32.7 Å². The lowest BCUT2D eigenvalue weighted by Gasteiger charge is -2.22. The summed E-state index contributed by atoms with van der Waals surface area (Å²) in [5.74, 6) is 3.08. The van der Waals surface area contributed by atoms with Gasteiger partial charge < -0.3 is 10.1 Å². The molecule has 0 unspecified atom stereocenters. The van der Waals surface area contributed by atoms with Crippen molar-refractivity contribution < 1.29 is 13.2 Å². The molecule has 1 saturated heterocycles. The highest BCUT2D eigenvalue weighted by atomic mass is 32.2. The first-order valence-electron chi connectivity index (χ1n) is 9.37. The molecule has 1 aromatic heterocycles. The standard InChI is InChI=1S/C20H23N3O3S2/c24-28(25,17-5-2-1-3-6-17)23-19-7-4-8-20(18(19)15-22-23)26-12-11-21-16-9-13-27-14-10-16/h1-8,15-16,21H,9-14H2. The predicted molar refractivity (Wildman–Crippen MR) is 113 cm³/mol. The van der Waals surface area contributed by atoms with Crippen LogP contribution in [0.2, 0.25) is 0 Å². The summed E-state index contributed by atoms with van der Waals surface area (Å²) in [6.45, 7) is 1.29. The van der Waals surface area contributed by atoms with Gasteiger partial charge in [0.2, 0.25) is 0 Å². The molecular weight excluding hydrogens is 394 g/mol. The molecule has 0 saturated carbocycles. The molecule has 1 fully saturated rings. The second-order valence-corrected chi connectivity index (χ2v) is 9.68. The second kappa shape index (κ2) is 8.55. The van der Waals surface area contributed by atoms with Crippen LogP contribution in [-0.4, -0.2) is 48.3 Å². The van der Waals surface area contributed by atoms with E-state index in [4.69, 9.17) is 4.74 Å². The third kappa shape index (κ3) is 4.04. The third-order valence-corrected chi connectivity index (χ3v) is 7.49. The highest BCUT2D eigenvalue weighted by Crippen LogP contribution is 2.27. The molecule has 0 aliphatic carbocycles. The van der Waals surface area contributed by atoms with Crippen molar-refractivity contribution in [2.45, 2.75) is 23.8 Å². The fourth-order valence-corrected chi connectivity index (χ4v) is 5.73. The van der Waals surface area contributed by atoms with E-state index in [1.54, 1.807) is 48.7 Å². The van der Waals surface area contributed by atoms with Crippen molar-refractivity contribution in [2.24, 2.45) is 0 Å². The Labute approximate surface area is 169 Å². The van der Waals surface area contributed by atoms with Gasteiger partial charge in [-0.05, 0) is 48.6 Å². The van der Waals surface area contributed by atoms with Gasteiger partial charge in [-0.2, -0.15) is 29.4 Å². The van der Waals surface area contributed by atoms with Gasteiger partial charge in [0.05, 0.1) is 22.0 Å². The van der Waals surface area contributed by atoms with Gasteiger partial charge in [-0.15, -0.1) is 0 Å². The maximum atomic E-state index is 12.9. The van der Waals surface area contributed by atoms with E-state index in [1.165, 1.54) is 24.3 Å². The van der Waals surface area contributed by atoms with Gasteiger partial charge in [0.25, 0.3) is 10.0 Å². The van der Waals surface area contributed by atoms with Gasteiger partial charge in [-0.1, -0.05) is 24.3 Å². The Morgan fingerprint density at radius 1 is 1.11 bits per heavy atom. The molecule has 1 aliphatic rings. The summed E-state index contributed by atoms with van der Waals surface area (Å²) in [6, 6.07) is 14.3. The molecule has 0 amide bonds. The summed E-state index contributed by atoms with van der Waals surface area (Å²) in [7, 11) is -3.74. The third-order valence-electron chi connectivity index (χ3n) is 4.82. The van der Waals surface area contributed by atoms with Gasteiger partial charge in [0.1, 0.15) is 12.4 Å². The maximum absolute atomic E-state index is 12.9. The fraction of sp³-hybridized carbons (Fsp3) is 0.350. The van der Waals surface area contributed by atoms with Crippen LogP contribution in [0.25, 0.3) is 10.9 Å². The number of hydrogen-bond acceptors (Lipinski definition) is 6. The van der Waals surface area contributed by atoms with Crippen LogP contribution in [0.3, 0.4) is 0 Å². The average Bonchev–Trinajstić information content (AvgIpc) is 3.18. The Morgan fingerprint density at radius 2 is 1.89 bits per heavy atom. The minimum atomic E-state index is -3.74. The molecule has 148 valence electrons. The second-order valence-electron chi connectivity index (χ2n) is 6.68. The van der Waals surface area contributed by atoms with E-state index in [2.05, 4.69) is 10.4 Å². The highest BCUT2D eigenvalue weighted by molar-refractivity contribution is 7.99. The van der Waals surface area contributed by atoms with Crippen molar-refractivity contribution in [3.8, 4) is 5.75 Å². The molecule has 6 nitrogen and oxygen atoms in total. The monoisotopic (exact) mass is 417 g/mol. The molecule has 2 heterocycles. The zero-order chi connectivity index (χ0) is 19.4. The normalized spacial score (nSPS) is 15.7. The lowest BCUT2D eigenvalue weighted by atomic mass is 10.1. The van der Waals surface area contributed by atoms with Crippen molar-refractivity contribution in [3.05, 3.63) is 54.7 Å². The van der Waals surface area contributed by atoms with E-state index in [9.17, 15) is 8.42 Å². The maximum Gasteiger partial charge on any atom is 0.283 e. The first kappa shape index (κ1) is 19.3. The summed E-state index contributed by atoms with van der Waals surface area (Å²) >= 11 is 2.01. The molecule has 1 N–H and O–H groups in total. The Balaban J connectivity index is 1.49. The number of ether oxygens (including phenoxy) is 1. The molecule has 3 aromatic rings. The fourth-order valence-electron chi connectivity index (χ4n) is 3.34. The van der Waals surface area contributed by atoms with E-state index >= 15 is 0 Å². The molecule has 4 rings (SSSR count). The number of thioether (sulfide) groups is 1.